The van der Waals surface area contributed by atoms with Gasteiger partial charge in [-0.3, -0.25) is 0 Å². The SMILES string of the molecule is Nc1cccc(C(O)c2ccc(C(F)(F)F)c(F)c2)c1. The molecule has 1 unspecified atom stereocenters. The van der Waals surface area contributed by atoms with Crippen LogP contribution in [0.25, 0.3) is 0 Å². The van der Waals surface area contributed by atoms with E-state index in [-0.39, 0.29) is 5.56 Å². The minimum Gasteiger partial charge on any atom is -0.399 e. The molecule has 0 fully saturated rings. The maximum Gasteiger partial charge on any atom is 0.419 e. The van der Waals surface area contributed by atoms with Gasteiger partial charge in [0.25, 0.3) is 0 Å². The van der Waals surface area contributed by atoms with Crippen molar-refractivity contribution in [3.05, 3.63) is 65.0 Å². The van der Waals surface area contributed by atoms with Gasteiger partial charge in [-0.05, 0) is 35.4 Å². The summed E-state index contributed by atoms with van der Waals surface area (Å²) in [5, 5.41) is 10.0. The fraction of sp³-hybridized carbons (Fsp3) is 0.143. The Morgan fingerprint density at radius 1 is 1.00 bits per heavy atom. The first-order chi connectivity index (χ1) is 9.29. The molecule has 0 aliphatic carbocycles. The molecule has 0 aromatic heterocycles. The average molecular weight is 285 g/mol. The Morgan fingerprint density at radius 2 is 1.65 bits per heavy atom. The predicted octanol–water partition coefficient (Wildman–Crippen LogP) is 3.51. The van der Waals surface area contributed by atoms with Gasteiger partial charge >= 0.3 is 6.18 Å². The Kier molecular flexibility index (Phi) is 3.67. The molecular formula is C14H11F4NO. The van der Waals surface area contributed by atoms with Gasteiger partial charge in [0, 0.05) is 5.69 Å². The van der Waals surface area contributed by atoms with Gasteiger partial charge < -0.3 is 10.8 Å². The Labute approximate surface area is 112 Å². The number of benzene rings is 2. The van der Waals surface area contributed by atoms with E-state index in [1.165, 1.54) is 6.07 Å². The first kappa shape index (κ1) is 14.3. The zero-order valence-corrected chi connectivity index (χ0v) is 10.2. The fourth-order valence-electron chi connectivity index (χ4n) is 1.85. The third kappa shape index (κ3) is 2.91. The highest BCUT2D eigenvalue weighted by Crippen LogP contribution is 2.33. The number of hydrogen-bond donors (Lipinski definition) is 2. The lowest BCUT2D eigenvalue weighted by Crippen LogP contribution is -2.09. The molecule has 0 bridgehead atoms. The minimum atomic E-state index is -4.76. The van der Waals surface area contributed by atoms with Crippen molar-refractivity contribution >= 4 is 5.69 Å². The third-order valence-corrected chi connectivity index (χ3v) is 2.84. The number of aliphatic hydroxyl groups excluding tert-OH is 1. The summed E-state index contributed by atoms with van der Waals surface area (Å²) >= 11 is 0. The van der Waals surface area contributed by atoms with Crippen LogP contribution in [0.1, 0.15) is 22.8 Å². The second kappa shape index (κ2) is 5.13. The van der Waals surface area contributed by atoms with Crippen LogP contribution in [0.5, 0.6) is 0 Å². The summed E-state index contributed by atoms with van der Waals surface area (Å²) < 4.78 is 50.8. The van der Waals surface area contributed by atoms with Gasteiger partial charge in [0.1, 0.15) is 11.9 Å². The second-order valence-corrected chi connectivity index (χ2v) is 4.31. The van der Waals surface area contributed by atoms with E-state index in [2.05, 4.69) is 0 Å². The summed E-state index contributed by atoms with van der Waals surface area (Å²) in [5.74, 6) is -1.42. The highest BCUT2D eigenvalue weighted by molar-refractivity contribution is 5.44. The zero-order valence-electron chi connectivity index (χ0n) is 10.2. The first-order valence-corrected chi connectivity index (χ1v) is 5.69. The molecule has 2 nitrogen and oxygen atoms in total. The van der Waals surface area contributed by atoms with Gasteiger partial charge in [0.2, 0.25) is 0 Å². The van der Waals surface area contributed by atoms with Crippen LogP contribution < -0.4 is 5.73 Å². The number of nitrogens with two attached hydrogens (primary N) is 1. The summed E-state index contributed by atoms with van der Waals surface area (Å²) in [6, 6.07) is 8.55. The molecule has 0 aliphatic rings. The molecule has 106 valence electrons. The largest absolute Gasteiger partial charge is 0.419 e. The molecular weight excluding hydrogens is 274 g/mol. The third-order valence-electron chi connectivity index (χ3n) is 2.84. The topological polar surface area (TPSA) is 46.2 Å². The highest BCUT2D eigenvalue weighted by atomic mass is 19.4. The van der Waals surface area contributed by atoms with E-state index in [9.17, 15) is 22.7 Å². The summed E-state index contributed by atoms with van der Waals surface area (Å²) in [6.07, 6.45) is -6.00. The molecule has 3 N–H and O–H groups in total. The van der Waals surface area contributed by atoms with E-state index in [1.54, 1.807) is 18.2 Å². The van der Waals surface area contributed by atoms with Gasteiger partial charge in [-0.15, -0.1) is 0 Å². The number of rotatable bonds is 2. The molecule has 0 aliphatic heterocycles. The van der Waals surface area contributed by atoms with Crippen LogP contribution in [-0.2, 0) is 6.18 Å². The monoisotopic (exact) mass is 285 g/mol. The van der Waals surface area contributed by atoms with Crippen LogP contribution in [0.3, 0.4) is 0 Å². The van der Waals surface area contributed by atoms with Gasteiger partial charge in [-0.25, -0.2) is 4.39 Å². The Bertz CT molecular complexity index is 625. The summed E-state index contributed by atoms with van der Waals surface area (Å²) in [6.45, 7) is 0. The van der Waals surface area contributed by atoms with Crippen molar-refractivity contribution in [3.8, 4) is 0 Å². The van der Waals surface area contributed by atoms with E-state index in [0.717, 1.165) is 6.07 Å². The number of hydrogen-bond acceptors (Lipinski definition) is 2. The second-order valence-electron chi connectivity index (χ2n) is 4.31. The van der Waals surface area contributed by atoms with Crippen molar-refractivity contribution in [1.29, 1.82) is 0 Å². The molecule has 0 heterocycles. The quantitative estimate of drug-likeness (QED) is 0.655. The molecule has 2 aromatic carbocycles. The number of halogens is 4. The lowest BCUT2D eigenvalue weighted by molar-refractivity contribution is -0.140. The molecule has 1 atom stereocenters. The normalized spacial score (nSPS) is 13.2. The van der Waals surface area contributed by atoms with Crippen molar-refractivity contribution < 1.29 is 22.7 Å². The first-order valence-electron chi connectivity index (χ1n) is 5.69. The molecule has 0 radical (unpaired) electrons. The summed E-state index contributed by atoms with van der Waals surface area (Å²) in [7, 11) is 0. The zero-order chi connectivity index (χ0) is 14.9. The molecule has 20 heavy (non-hydrogen) atoms. The van der Waals surface area contributed by atoms with Crippen LogP contribution in [0.4, 0.5) is 23.2 Å². The Hall–Kier alpha value is -2.08. The summed E-state index contributed by atoms with van der Waals surface area (Å²) in [5.41, 5.74) is 5.00. The minimum absolute atomic E-state index is 0.0288. The van der Waals surface area contributed by atoms with E-state index in [1.807, 2.05) is 0 Å². The average Bonchev–Trinajstić information content (AvgIpc) is 2.36. The molecule has 0 spiro atoms. The van der Waals surface area contributed by atoms with Crippen LogP contribution in [0.15, 0.2) is 42.5 Å². The fourth-order valence-corrected chi connectivity index (χ4v) is 1.85. The van der Waals surface area contributed by atoms with Crippen molar-refractivity contribution in [2.24, 2.45) is 0 Å². The Balaban J connectivity index is 2.37. The smallest absolute Gasteiger partial charge is 0.399 e. The molecule has 0 saturated heterocycles. The number of alkyl halides is 3. The molecule has 0 saturated carbocycles. The molecule has 2 aromatic rings. The number of anilines is 1. The van der Waals surface area contributed by atoms with Gasteiger partial charge in [-0.1, -0.05) is 18.2 Å². The Morgan fingerprint density at radius 3 is 2.20 bits per heavy atom. The lowest BCUT2D eigenvalue weighted by atomic mass is 9.99. The maximum atomic E-state index is 13.4. The maximum absolute atomic E-state index is 13.4. The van der Waals surface area contributed by atoms with Crippen LogP contribution in [-0.4, -0.2) is 5.11 Å². The van der Waals surface area contributed by atoms with Crippen LogP contribution >= 0.6 is 0 Å². The lowest BCUT2D eigenvalue weighted by Gasteiger charge is -2.14. The van der Waals surface area contributed by atoms with E-state index in [0.29, 0.717) is 23.4 Å². The molecule has 0 amide bonds. The highest BCUT2D eigenvalue weighted by Gasteiger charge is 2.34. The van der Waals surface area contributed by atoms with Crippen molar-refractivity contribution in [1.82, 2.24) is 0 Å². The van der Waals surface area contributed by atoms with Crippen molar-refractivity contribution in [2.45, 2.75) is 12.3 Å². The number of nitrogen functional groups attached to an aromatic ring is 1. The van der Waals surface area contributed by atoms with Gasteiger partial charge in [0.15, 0.2) is 0 Å². The predicted molar refractivity (Wildman–Crippen MR) is 66.3 cm³/mol. The van der Waals surface area contributed by atoms with E-state index in [4.69, 9.17) is 5.73 Å². The van der Waals surface area contributed by atoms with Crippen LogP contribution in [0, 0.1) is 5.82 Å². The van der Waals surface area contributed by atoms with E-state index >= 15 is 0 Å². The number of aliphatic hydroxyl groups is 1. The van der Waals surface area contributed by atoms with E-state index < -0.39 is 23.7 Å². The summed E-state index contributed by atoms with van der Waals surface area (Å²) in [4.78, 5) is 0. The van der Waals surface area contributed by atoms with Crippen molar-refractivity contribution in [2.75, 3.05) is 5.73 Å². The molecule has 6 heteroatoms. The van der Waals surface area contributed by atoms with Crippen molar-refractivity contribution in [3.63, 3.8) is 0 Å². The van der Waals surface area contributed by atoms with Gasteiger partial charge in [0.05, 0.1) is 5.56 Å². The standard InChI is InChI=1S/C14H11F4NO/c15-12-7-9(4-5-11(12)14(16,17)18)13(20)8-2-1-3-10(19)6-8/h1-7,13,20H,19H2. The van der Waals surface area contributed by atoms with Gasteiger partial charge in [-0.2, -0.15) is 13.2 Å². The molecule has 2 rings (SSSR count). The van der Waals surface area contributed by atoms with Crippen LogP contribution in [0.2, 0.25) is 0 Å².